The molecule has 1 fully saturated rings. The van der Waals surface area contributed by atoms with E-state index < -0.39 is 0 Å². The van der Waals surface area contributed by atoms with Crippen molar-refractivity contribution in [3.8, 4) is 5.75 Å². The number of benzene rings is 1. The molecule has 0 spiro atoms. The zero-order valence-corrected chi connectivity index (χ0v) is 14.7. The monoisotopic (exact) mass is 349 g/mol. The second-order valence-corrected chi connectivity index (χ2v) is 6.55. The van der Waals surface area contributed by atoms with Gasteiger partial charge < -0.3 is 14.6 Å². The topological polar surface area (TPSA) is 64.9 Å². The average molecular weight is 349 g/mol. The second kappa shape index (κ2) is 8.10. The summed E-state index contributed by atoms with van der Waals surface area (Å²) in [5, 5.41) is 11.8. The van der Waals surface area contributed by atoms with Crippen molar-refractivity contribution >= 4 is 0 Å². The van der Waals surface area contributed by atoms with E-state index in [9.17, 15) is 0 Å². The highest BCUT2D eigenvalue weighted by Crippen LogP contribution is 2.38. The summed E-state index contributed by atoms with van der Waals surface area (Å²) in [5.41, 5.74) is 2.07. The van der Waals surface area contributed by atoms with E-state index in [0.717, 1.165) is 42.5 Å². The molecule has 0 aliphatic heterocycles. The summed E-state index contributed by atoms with van der Waals surface area (Å²) in [6.45, 7) is 2.99. The van der Waals surface area contributed by atoms with Crippen LogP contribution >= 0.6 is 0 Å². The van der Waals surface area contributed by atoms with Gasteiger partial charge in [0.05, 0.1) is 5.69 Å². The van der Waals surface area contributed by atoms with Crippen molar-refractivity contribution < 1.29 is 4.74 Å². The van der Waals surface area contributed by atoms with Gasteiger partial charge in [0.15, 0.2) is 0 Å². The highest BCUT2D eigenvalue weighted by atomic mass is 16.5. The maximum Gasteiger partial charge on any atom is 0.135 e. The van der Waals surface area contributed by atoms with Crippen LogP contribution in [0.2, 0.25) is 0 Å². The summed E-state index contributed by atoms with van der Waals surface area (Å²) in [4.78, 5) is 4.30. The van der Waals surface area contributed by atoms with Gasteiger partial charge in [-0.25, -0.2) is 0 Å². The molecule has 0 unspecified atom stereocenters. The number of rotatable bonds is 9. The Balaban J connectivity index is 1.28. The maximum absolute atomic E-state index is 5.96. The first kappa shape index (κ1) is 16.7. The molecule has 2 heterocycles. The standard InChI is InChI=1S/C20H23N5O/c1-2-7-19(26-14-18-6-3-4-10-22-18)17(5-1)13-21-11-12-25-15-23-24-20(25)16-8-9-16/h1-7,10,15-16,21H,8-9,11-14H2. The molecule has 3 aromatic rings. The van der Waals surface area contributed by atoms with Crippen molar-refractivity contribution in [3.05, 3.63) is 72.1 Å². The lowest BCUT2D eigenvalue weighted by Gasteiger charge is -2.12. The van der Waals surface area contributed by atoms with Gasteiger partial charge in [0.2, 0.25) is 0 Å². The smallest absolute Gasteiger partial charge is 0.135 e. The molecule has 1 N–H and O–H groups in total. The van der Waals surface area contributed by atoms with Gasteiger partial charge in [-0.1, -0.05) is 24.3 Å². The predicted octanol–water partition coefficient (Wildman–Crippen LogP) is 2.92. The van der Waals surface area contributed by atoms with Crippen molar-refractivity contribution in [1.29, 1.82) is 0 Å². The van der Waals surface area contributed by atoms with Gasteiger partial charge in [0.1, 0.15) is 24.5 Å². The molecule has 1 aliphatic carbocycles. The normalized spacial score (nSPS) is 13.7. The SMILES string of the molecule is c1ccc(COc2ccccc2CNCCn2cnnc2C2CC2)nc1. The number of hydrogen-bond donors (Lipinski definition) is 1. The molecule has 0 bridgehead atoms. The van der Waals surface area contributed by atoms with Crippen molar-refractivity contribution in [2.24, 2.45) is 0 Å². The van der Waals surface area contributed by atoms with E-state index in [1.165, 1.54) is 12.8 Å². The van der Waals surface area contributed by atoms with E-state index in [1.54, 1.807) is 6.20 Å². The Labute approximate surface area is 153 Å². The lowest BCUT2D eigenvalue weighted by Crippen LogP contribution is -2.20. The van der Waals surface area contributed by atoms with Crippen molar-refractivity contribution in [2.45, 2.75) is 38.5 Å². The Morgan fingerprint density at radius 3 is 2.85 bits per heavy atom. The molecule has 0 saturated heterocycles. The molecule has 1 saturated carbocycles. The molecule has 134 valence electrons. The highest BCUT2D eigenvalue weighted by molar-refractivity contribution is 5.33. The lowest BCUT2D eigenvalue weighted by atomic mass is 10.2. The van der Waals surface area contributed by atoms with Crippen LogP contribution in [-0.2, 0) is 19.7 Å². The number of nitrogens with one attached hydrogen (secondary N) is 1. The maximum atomic E-state index is 5.96. The molecule has 0 amide bonds. The van der Waals surface area contributed by atoms with Crippen LogP contribution < -0.4 is 10.1 Å². The second-order valence-electron chi connectivity index (χ2n) is 6.55. The molecule has 6 nitrogen and oxygen atoms in total. The van der Waals surface area contributed by atoms with E-state index in [2.05, 4.69) is 31.1 Å². The third-order valence-electron chi connectivity index (χ3n) is 4.51. The van der Waals surface area contributed by atoms with Crippen LogP contribution in [0.1, 0.15) is 35.8 Å². The van der Waals surface area contributed by atoms with Crippen LogP contribution in [0.3, 0.4) is 0 Å². The Kier molecular flexibility index (Phi) is 5.21. The summed E-state index contributed by atoms with van der Waals surface area (Å²) < 4.78 is 8.12. The number of pyridine rings is 1. The van der Waals surface area contributed by atoms with Gasteiger partial charge in [0, 0.05) is 37.3 Å². The number of para-hydroxylation sites is 1. The highest BCUT2D eigenvalue weighted by Gasteiger charge is 2.28. The van der Waals surface area contributed by atoms with Crippen LogP contribution in [0.15, 0.2) is 55.0 Å². The van der Waals surface area contributed by atoms with E-state index >= 15 is 0 Å². The zero-order chi connectivity index (χ0) is 17.6. The first-order chi connectivity index (χ1) is 12.9. The predicted molar refractivity (Wildman–Crippen MR) is 98.7 cm³/mol. The quantitative estimate of drug-likeness (QED) is 0.602. The fourth-order valence-corrected chi connectivity index (χ4v) is 2.94. The zero-order valence-electron chi connectivity index (χ0n) is 14.7. The molecule has 0 atom stereocenters. The molecule has 0 radical (unpaired) electrons. The molecule has 2 aromatic heterocycles. The van der Waals surface area contributed by atoms with Crippen LogP contribution in [-0.4, -0.2) is 26.3 Å². The van der Waals surface area contributed by atoms with Crippen molar-refractivity contribution in [1.82, 2.24) is 25.1 Å². The molecule has 1 aliphatic rings. The minimum atomic E-state index is 0.476. The van der Waals surface area contributed by atoms with E-state index in [1.807, 2.05) is 42.7 Å². The van der Waals surface area contributed by atoms with Gasteiger partial charge >= 0.3 is 0 Å². The first-order valence-electron chi connectivity index (χ1n) is 9.09. The Morgan fingerprint density at radius 2 is 2.00 bits per heavy atom. The summed E-state index contributed by atoms with van der Waals surface area (Å²) in [5.74, 6) is 2.65. The van der Waals surface area contributed by atoms with Gasteiger partial charge in [-0.15, -0.1) is 10.2 Å². The van der Waals surface area contributed by atoms with Crippen LogP contribution in [0.25, 0.3) is 0 Å². The fraction of sp³-hybridized carbons (Fsp3) is 0.350. The Bertz CT molecular complexity index is 829. The first-order valence-corrected chi connectivity index (χ1v) is 9.09. The largest absolute Gasteiger partial charge is 0.487 e. The van der Waals surface area contributed by atoms with Gasteiger partial charge in [-0.3, -0.25) is 4.98 Å². The number of nitrogens with zero attached hydrogens (tertiary/aromatic N) is 4. The van der Waals surface area contributed by atoms with Crippen LogP contribution in [0.4, 0.5) is 0 Å². The lowest BCUT2D eigenvalue weighted by molar-refractivity contribution is 0.297. The average Bonchev–Trinajstić information content (AvgIpc) is 3.43. The summed E-state index contributed by atoms with van der Waals surface area (Å²) in [7, 11) is 0. The minimum Gasteiger partial charge on any atom is -0.487 e. The third kappa shape index (κ3) is 4.26. The molecule has 4 rings (SSSR count). The summed E-state index contributed by atoms with van der Waals surface area (Å²) in [6.07, 6.45) is 6.10. The van der Waals surface area contributed by atoms with Crippen LogP contribution in [0, 0.1) is 0 Å². The molecule has 26 heavy (non-hydrogen) atoms. The minimum absolute atomic E-state index is 0.476. The van der Waals surface area contributed by atoms with E-state index in [-0.39, 0.29) is 0 Å². The van der Waals surface area contributed by atoms with Gasteiger partial charge in [-0.05, 0) is 31.0 Å². The molecular weight excluding hydrogens is 326 g/mol. The van der Waals surface area contributed by atoms with Crippen molar-refractivity contribution in [2.75, 3.05) is 6.54 Å². The van der Waals surface area contributed by atoms with Crippen LogP contribution in [0.5, 0.6) is 5.75 Å². The molecule has 6 heteroatoms. The van der Waals surface area contributed by atoms with E-state index in [4.69, 9.17) is 4.74 Å². The Hall–Kier alpha value is -2.73. The number of ether oxygens (including phenoxy) is 1. The number of aromatic nitrogens is 4. The number of hydrogen-bond acceptors (Lipinski definition) is 5. The fourth-order valence-electron chi connectivity index (χ4n) is 2.94. The molecular formula is C20H23N5O. The van der Waals surface area contributed by atoms with Crippen molar-refractivity contribution in [3.63, 3.8) is 0 Å². The summed E-state index contributed by atoms with van der Waals surface area (Å²) >= 11 is 0. The van der Waals surface area contributed by atoms with Gasteiger partial charge in [-0.2, -0.15) is 0 Å². The molecule has 1 aromatic carbocycles. The van der Waals surface area contributed by atoms with E-state index in [0.29, 0.717) is 12.5 Å². The van der Waals surface area contributed by atoms with Gasteiger partial charge in [0.25, 0.3) is 0 Å². The summed E-state index contributed by atoms with van der Waals surface area (Å²) in [6, 6.07) is 14.0. The third-order valence-corrected chi connectivity index (χ3v) is 4.51. The Morgan fingerprint density at radius 1 is 1.12 bits per heavy atom.